The van der Waals surface area contributed by atoms with E-state index in [0.29, 0.717) is 0 Å². The number of esters is 1. The first kappa shape index (κ1) is 15.9. The molecule has 1 aromatic carbocycles. The summed E-state index contributed by atoms with van der Waals surface area (Å²) in [4.78, 5) is 33.9. The molecule has 0 unspecified atom stereocenters. The summed E-state index contributed by atoms with van der Waals surface area (Å²) in [6, 6.07) is 5.04. The molecule has 2 rings (SSSR count). The Hall–Kier alpha value is -2.45. The Morgan fingerprint density at radius 2 is 2.05 bits per heavy atom. The molecular weight excluding hydrogens is 332 g/mol. The Bertz CT molecular complexity index is 759. The summed E-state index contributed by atoms with van der Waals surface area (Å²) in [7, 11) is 1.23. The van der Waals surface area contributed by atoms with E-state index in [1.54, 1.807) is 5.38 Å². The number of hydrogen-bond donors (Lipinski definition) is 1. The molecule has 0 bridgehead atoms. The standard InChI is InChI=1S/C13H9ClN2O5S/c1-21-13(18)8-4-5-22-12(8)15-11(17)9-6-7(16(19)20)2-3-10(9)14/h2-6H,1H3,(H,15,17). The zero-order valence-electron chi connectivity index (χ0n) is 11.2. The van der Waals surface area contributed by atoms with Gasteiger partial charge in [0, 0.05) is 12.1 Å². The van der Waals surface area contributed by atoms with Crippen LogP contribution in [-0.2, 0) is 4.74 Å². The van der Waals surface area contributed by atoms with E-state index in [4.69, 9.17) is 11.6 Å². The Kier molecular flexibility index (Phi) is 4.74. The quantitative estimate of drug-likeness (QED) is 0.522. The van der Waals surface area contributed by atoms with Crippen molar-refractivity contribution in [3.05, 3.63) is 55.9 Å². The number of methoxy groups -OCH3 is 1. The van der Waals surface area contributed by atoms with Crippen LogP contribution in [0.2, 0.25) is 5.02 Å². The topological polar surface area (TPSA) is 98.5 Å². The van der Waals surface area contributed by atoms with Gasteiger partial charge in [0.25, 0.3) is 11.6 Å². The highest BCUT2D eigenvalue weighted by Crippen LogP contribution is 2.27. The zero-order chi connectivity index (χ0) is 16.3. The number of benzene rings is 1. The van der Waals surface area contributed by atoms with Crippen molar-refractivity contribution in [1.29, 1.82) is 0 Å². The first-order chi connectivity index (χ1) is 10.4. The van der Waals surface area contributed by atoms with E-state index in [2.05, 4.69) is 10.1 Å². The van der Waals surface area contributed by atoms with Crippen molar-refractivity contribution in [3.8, 4) is 0 Å². The largest absolute Gasteiger partial charge is 0.465 e. The number of carbonyl (C=O) groups excluding carboxylic acids is 2. The molecule has 0 aliphatic carbocycles. The van der Waals surface area contributed by atoms with E-state index in [1.165, 1.54) is 25.3 Å². The number of halogens is 1. The summed E-state index contributed by atoms with van der Waals surface area (Å²) >= 11 is 7.02. The number of amides is 1. The molecule has 22 heavy (non-hydrogen) atoms. The van der Waals surface area contributed by atoms with Crippen molar-refractivity contribution < 1.29 is 19.2 Å². The van der Waals surface area contributed by atoms with Gasteiger partial charge in [0.1, 0.15) is 5.00 Å². The summed E-state index contributed by atoms with van der Waals surface area (Å²) in [6.45, 7) is 0. The van der Waals surface area contributed by atoms with Crippen molar-refractivity contribution >= 4 is 45.5 Å². The number of anilines is 1. The fraction of sp³-hybridized carbons (Fsp3) is 0.0769. The van der Waals surface area contributed by atoms with Crippen LogP contribution in [0, 0.1) is 10.1 Å². The molecule has 7 nitrogen and oxygen atoms in total. The third-order valence-electron chi connectivity index (χ3n) is 2.70. The van der Waals surface area contributed by atoms with Gasteiger partial charge >= 0.3 is 5.97 Å². The minimum atomic E-state index is -0.652. The highest BCUT2D eigenvalue weighted by molar-refractivity contribution is 7.14. The second-order valence-corrected chi connectivity index (χ2v) is 5.35. The molecule has 0 fully saturated rings. The van der Waals surface area contributed by atoms with Gasteiger partial charge in [-0.1, -0.05) is 11.6 Å². The number of hydrogen-bond acceptors (Lipinski definition) is 6. The number of non-ortho nitro benzene ring substituents is 1. The predicted octanol–water partition coefficient (Wildman–Crippen LogP) is 3.35. The molecule has 1 amide bonds. The van der Waals surface area contributed by atoms with Gasteiger partial charge in [-0.2, -0.15) is 0 Å². The molecule has 0 radical (unpaired) electrons. The maximum atomic E-state index is 12.2. The highest BCUT2D eigenvalue weighted by atomic mass is 35.5. The molecule has 1 aromatic heterocycles. The van der Waals surface area contributed by atoms with Crippen molar-refractivity contribution in [2.24, 2.45) is 0 Å². The fourth-order valence-electron chi connectivity index (χ4n) is 1.65. The fourth-order valence-corrected chi connectivity index (χ4v) is 2.62. The van der Waals surface area contributed by atoms with E-state index in [0.717, 1.165) is 17.4 Å². The normalized spacial score (nSPS) is 10.1. The molecule has 0 atom stereocenters. The minimum absolute atomic E-state index is 0.0555. The first-order valence-corrected chi connectivity index (χ1v) is 7.11. The third kappa shape index (κ3) is 3.23. The lowest BCUT2D eigenvalue weighted by atomic mass is 10.2. The van der Waals surface area contributed by atoms with Crippen LogP contribution >= 0.6 is 22.9 Å². The molecule has 0 aliphatic heterocycles. The predicted molar refractivity (Wildman–Crippen MR) is 81.7 cm³/mol. The Morgan fingerprint density at radius 3 is 2.68 bits per heavy atom. The maximum absolute atomic E-state index is 12.2. The van der Waals surface area contributed by atoms with Crippen molar-refractivity contribution in [2.75, 3.05) is 12.4 Å². The highest BCUT2D eigenvalue weighted by Gasteiger charge is 2.19. The molecule has 2 aromatic rings. The number of nitro groups is 1. The van der Waals surface area contributed by atoms with E-state index in [-0.39, 0.29) is 26.8 Å². The summed E-state index contributed by atoms with van der Waals surface area (Å²) in [6.07, 6.45) is 0. The lowest BCUT2D eigenvalue weighted by molar-refractivity contribution is -0.384. The van der Waals surface area contributed by atoms with Crippen LogP contribution in [0.4, 0.5) is 10.7 Å². The Morgan fingerprint density at radius 1 is 1.32 bits per heavy atom. The van der Waals surface area contributed by atoms with Gasteiger partial charge in [-0.05, 0) is 17.5 Å². The Labute approximate surface area is 133 Å². The average Bonchev–Trinajstić information content (AvgIpc) is 2.94. The molecule has 9 heteroatoms. The van der Waals surface area contributed by atoms with Crippen LogP contribution in [0.15, 0.2) is 29.6 Å². The molecule has 0 aliphatic rings. The number of rotatable bonds is 4. The number of ether oxygens (including phenoxy) is 1. The number of nitrogens with zero attached hydrogens (tertiary/aromatic N) is 1. The minimum Gasteiger partial charge on any atom is -0.465 e. The third-order valence-corrected chi connectivity index (χ3v) is 3.86. The van der Waals surface area contributed by atoms with Gasteiger partial charge in [0.2, 0.25) is 0 Å². The van der Waals surface area contributed by atoms with Gasteiger partial charge in [-0.25, -0.2) is 4.79 Å². The van der Waals surface area contributed by atoms with Gasteiger partial charge in [0.15, 0.2) is 0 Å². The van der Waals surface area contributed by atoms with Crippen LogP contribution in [-0.4, -0.2) is 23.9 Å². The Balaban J connectivity index is 2.30. The lowest BCUT2D eigenvalue weighted by Gasteiger charge is -2.06. The molecule has 0 saturated carbocycles. The number of nitrogens with one attached hydrogen (secondary N) is 1. The van der Waals surface area contributed by atoms with Crippen LogP contribution in [0.25, 0.3) is 0 Å². The monoisotopic (exact) mass is 340 g/mol. The molecule has 1 heterocycles. The molecule has 1 N–H and O–H groups in total. The van der Waals surface area contributed by atoms with Gasteiger partial charge in [-0.3, -0.25) is 14.9 Å². The first-order valence-electron chi connectivity index (χ1n) is 5.85. The summed E-state index contributed by atoms with van der Waals surface area (Å²) in [5.41, 5.74) is -0.114. The average molecular weight is 341 g/mol. The second kappa shape index (κ2) is 6.54. The summed E-state index contributed by atoms with van der Waals surface area (Å²) < 4.78 is 4.60. The van der Waals surface area contributed by atoms with Crippen molar-refractivity contribution in [2.45, 2.75) is 0 Å². The zero-order valence-corrected chi connectivity index (χ0v) is 12.7. The SMILES string of the molecule is COC(=O)c1ccsc1NC(=O)c1cc([N+](=O)[O-])ccc1Cl. The molecular formula is C13H9ClN2O5S. The number of nitro benzene ring substituents is 1. The van der Waals surface area contributed by atoms with E-state index < -0.39 is 16.8 Å². The number of carbonyl (C=O) groups is 2. The van der Waals surface area contributed by atoms with Crippen LogP contribution in [0.5, 0.6) is 0 Å². The van der Waals surface area contributed by atoms with Crippen molar-refractivity contribution in [3.63, 3.8) is 0 Å². The molecule has 0 saturated heterocycles. The maximum Gasteiger partial charge on any atom is 0.340 e. The smallest absolute Gasteiger partial charge is 0.340 e. The van der Waals surface area contributed by atoms with Gasteiger partial charge < -0.3 is 10.1 Å². The van der Waals surface area contributed by atoms with E-state index in [1.807, 2.05) is 0 Å². The second-order valence-electron chi connectivity index (χ2n) is 4.03. The van der Waals surface area contributed by atoms with Crippen LogP contribution in [0.3, 0.4) is 0 Å². The van der Waals surface area contributed by atoms with Gasteiger partial charge in [-0.15, -0.1) is 11.3 Å². The van der Waals surface area contributed by atoms with Crippen LogP contribution < -0.4 is 5.32 Å². The summed E-state index contributed by atoms with van der Waals surface area (Å²) in [5, 5.41) is 15.2. The van der Waals surface area contributed by atoms with E-state index in [9.17, 15) is 19.7 Å². The summed E-state index contributed by atoms with van der Waals surface area (Å²) in [5.74, 6) is -1.25. The van der Waals surface area contributed by atoms with E-state index >= 15 is 0 Å². The lowest BCUT2D eigenvalue weighted by Crippen LogP contribution is -2.14. The van der Waals surface area contributed by atoms with Crippen LogP contribution in [0.1, 0.15) is 20.7 Å². The van der Waals surface area contributed by atoms with Crippen molar-refractivity contribution in [1.82, 2.24) is 0 Å². The number of thiophene rings is 1. The molecule has 0 spiro atoms. The van der Waals surface area contributed by atoms with Gasteiger partial charge in [0.05, 0.1) is 28.2 Å². The molecule has 114 valence electrons.